The first-order valence-corrected chi connectivity index (χ1v) is 3.90. The highest BCUT2D eigenvalue weighted by Crippen LogP contribution is 2.18. The fraction of sp³-hybridized carbons (Fsp3) is 0.857. The van der Waals surface area contributed by atoms with E-state index in [1.54, 1.807) is 0 Å². The molecule has 1 aliphatic heterocycles. The largest absolute Gasteiger partial charge is 0.370 e. The molecule has 0 atom stereocenters. The SMILES string of the molecule is NC(=O)CC1(N)CCNCC1. The molecule has 4 heteroatoms. The van der Waals surface area contributed by atoms with Gasteiger partial charge in [0.15, 0.2) is 0 Å². The summed E-state index contributed by atoms with van der Waals surface area (Å²) >= 11 is 0. The molecule has 11 heavy (non-hydrogen) atoms. The Morgan fingerprint density at radius 2 is 2.00 bits per heavy atom. The molecule has 0 aromatic carbocycles. The van der Waals surface area contributed by atoms with E-state index in [2.05, 4.69) is 5.32 Å². The van der Waals surface area contributed by atoms with E-state index >= 15 is 0 Å². The summed E-state index contributed by atoms with van der Waals surface area (Å²) in [7, 11) is 0. The van der Waals surface area contributed by atoms with Gasteiger partial charge in [-0.15, -0.1) is 0 Å². The normalized spacial score (nSPS) is 23.0. The molecule has 1 rings (SSSR count). The lowest BCUT2D eigenvalue weighted by atomic mass is 9.86. The number of nitrogens with two attached hydrogens (primary N) is 2. The second-order valence-corrected chi connectivity index (χ2v) is 3.26. The third kappa shape index (κ3) is 2.48. The van der Waals surface area contributed by atoms with Crippen molar-refractivity contribution in [1.82, 2.24) is 5.32 Å². The van der Waals surface area contributed by atoms with E-state index in [1.165, 1.54) is 0 Å². The lowest BCUT2D eigenvalue weighted by Crippen LogP contribution is -2.51. The standard InChI is InChI=1S/C7H15N3O/c8-6(11)5-7(9)1-3-10-4-2-7/h10H,1-5,9H2,(H2,8,11). The zero-order valence-electron chi connectivity index (χ0n) is 6.60. The van der Waals surface area contributed by atoms with Gasteiger partial charge in [0, 0.05) is 12.0 Å². The van der Waals surface area contributed by atoms with Crippen LogP contribution in [0.1, 0.15) is 19.3 Å². The maximum atomic E-state index is 10.6. The number of hydrogen-bond donors (Lipinski definition) is 3. The Hall–Kier alpha value is -0.610. The average molecular weight is 157 g/mol. The van der Waals surface area contributed by atoms with E-state index in [0.717, 1.165) is 25.9 Å². The average Bonchev–Trinajstić information content (AvgIpc) is 1.85. The van der Waals surface area contributed by atoms with E-state index in [9.17, 15) is 4.79 Å². The van der Waals surface area contributed by atoms with E-state index < -0.39 is 0 Å². The van der Waals surface area contributed by atoms with Gasteiger partial charge in [0.05, 0.1) is 0 Å². The number of rotatable bonds is 2. The quantitative estimate of drug-likeness (QED) is 0.478. The van der Waals surface area contributed by atoms with Gasteiger partial charge in [0.1, 0.15) is 0 Å². The number of amides is 1. The summed E-state index contributed by atoms with van der Waals surface area (Å²) in [6.07, 6.45) is 2.00. The monoisotopic (exact) mass is 157 g/mol. The van der Waals surface area contributed by atoms with Crippen LogP contribution in [0.2, 0.25) is 0 Å². The van der Waals surface area contributed by atoms with Gasteiger partial charge in [0.25, 0.3) is 0 Å². The van der Waals surface area contributed by atoms with Crippen molar-refractivity contribution in [3.8, 4) is 0 Å². The maximum absolute atomic E-state index is 10.6. The van der Waals surface area contributed by atoms with Crippen LogP contribution in [0, 0.1) is 0 Å². The van der Waals surface area contributed by atoms with Crippen molar-refractivity contribution in [2.75, 3.05) is 13.1 Å². The fourth-order valence-electron chi connectivity index (χ4n) is 1.45. The van der Waals surface area contributed by atoms with Crippen LogP contribution in [0.3, 0.4) is 0 Å². The zero-order chi connectivity index (χ0) is 8.32. The van der Waals surface area contributed by atoms with Crippen LogP contribution < -0.4 is 16.8 Å². The maximum Gasteiger partial charge on any atom is 0.219 e. The first-order chi connectivity index (χ1) is 5.12. The van der Waals surface area contributed by atoms with Crippen LogP contribution in [0.25, 0.3) is 0 Å². The van der Waals surface area contributed by atoms with Gasteiger partial charge in [-0.05, 0) is 25.9 Å². The summed E-state index contributed by atoms with van der Waals surface area (Å²) in [4.78, 5) is 10.6. The molecule has 0 aliphatic carbocycles. The first-order valence-electron chi connectivity index (χ1n) is 3.90. The predicted octanol–water partition coefficient (Wildman–Crippen LogP) is -1.06. The molecule has 1 heterocycles. The molecule has 0 spiro atoms. The Balaban J connectivity index is 2.43. The molecule has 0 aromatic rings. The molecular weight excluding hydrogens is 142 g/mol. The Morgan fingerprint density at radius 3 is 2.45 bits per heavy atom. The summed E-state index contributed by atoms with van der Waals surface area (Å²) in [6.45, 7) is 1.79. The third-order valence-corrected chi connectivity index (χ3v) is 2.13. The van der Waals surface area contributed by atoms with Crippen molar-refractivity contribution in [2.45, 2.75) is 24.8 Å². The predicted molar refractivity (Wildman–Crippen MR) is 42.8 cm³/mol. The Labute approximate surface area is 66.3 Å². The van der Waals surface area contributed by atoms with Crippen molar-refractivity contribution in [2.24, 2.45) is 11.5 Å². The van der Waals surface area contributed by atoms with Crippen molar-refractivity contribution in [1.29, 1.82) is 0 Å². The van der Waals surface area contributed by atoms with Gasteiger partial charge in [-0.1, -0.05) is 0 Å². The van der Waals surface area contributed by atoms with E-state index in [0.29, 0.717) is 6.42 Å². The highest BCUT2D eigenvalue weighted by molar-refractivity contribution is 5.75. The molecule has 1 fully saturated rings. The molecule has 64 valence electrons. The van der Waals surface area contributed by atoms with Crippen LogP contribution in [0.15, 0.2) is 0 Å². The Bertz CT molecular complexity index is 152. The molecule has 4 nitrogen and oxygen atoms in total. The minimum Gasteiger partial charge on any atom is -0.370 e. The first kappa shape index (κ1) is 8.49. The number of hydrogen-bond acceptors (Lipinski definition) is 3. The van der Waals surface area contributed by atoms with Gasteiger partial charge in [-0.25, -0.2) is 0 Å². The number of carbonyl (C=O) groups excluding carboxylic acids is 1. The molecule has 1 amide bonds. The number of piperidine rings is 1. The van der Waals surface area contributed by atoms with Crippen molar-refractivity contribution >= 4 is 5.91 Å². The second kappa shape index (κ2) is 3.19. The molecule has 0 saturated carbocycles. The van der Waals surface area contributed by atoms with Crippen LogP contribution in [-0.4, -0.2) is 24.5 Å². The van der Waals surface area contributed by atoms with Gasteiger partial charge < -0.3 is 16.8 Å². The molecule has 1 aliphatic rings. The highest BCUT2D eigenvalue weighted by atomic mass is 16.1. The van der Waals surface area contributed by atoms with Gasteiger partial charge in [0.2, 0.25) is 5.91 Å². The summed E-state index contributed by atoms with van der Waals surface area (Å²) < 4.78 is 0. The number of carbonyl (C=O) groups is 1. The van der Waals surface area contributed by atoms with Crippen LogP contribution in [0.4, 0.5) is 0 Å². The number of primary amides is 1. The van der Waals surface area contributed by atoms with Crippen molar-refractivity contribution in [3.05, 3.63) is 0 Å². The Kier molecular flexibility index (Phi) is 2.46. The molecule has 5 N–H and O–H groups in total. The van der Waals surface area contributed by atoms with Crippen LogP contribution in [-0.2, 0) is 4.79 Å². The summed E-state index contributed by atoms with van der Waals surface area (Å²) in [6, 6.07) is 0. The second-order valence-electron chi connectivity index (χ2n) is 3.26. The summed E-state index contributed by atoms with van der Waals surface area (Å²) in [5.74, 6) is -0.297. The van der Waals surface area contributed by atoms with Gasteiger partial charge >= 0.3 is 0 Å². The molecule has 0 unspecified atom stereocenters. The molecule has 1 saturated heterocycles. The zero-order valence-corrected chi connectivity index (χ0v) is 6.60. The molecular formula is C7H15N3O. The van der Waals surface area contributed by atoms with E-state index in [-0.39, 0.29) is 11.4 Å². The third-order valence-electron chi connectivity index (χ3n) is 2.13. The summed E-state index contributed by atoms with van der Waals surface area (Å²) in [5, 5.41) is 3.18. The van der Waals surface area contributed by atoms with Crippen LogP contribution >= 0.6 is 0 Å². The van der Waals surface area contributed by atoms with E-state index in [4.69, 9.17) is 11.5 Å². The van der Waals surface area contributed by atoms with Crippen molar-refractivity contribution in [3.63, 3.8) is 0 Å². The van der Waals surface area contributed by atoms with Crippen LogP contribution in [0.5, 0.6) is 0 Å². The highest BCUT2D eigenvalue weighted by Gasteiger charge is 2.28. The molecule has 0 aromatic heterocycles. The van der Waals surface area contributed by atoms with Gasteiger partial charge in [-0.3, -0.25) is 4.79 Å². The lowest BCUT2D eigenvalue weighted by Gasteiger charge is -2.32. The topological polar surface area (TPSA) is 81.1 Å². The van der Waals surface area contributed by atoms with Gasteiger partial charge in [-0.2, -0.15) is 0 Å². The van der Waals surface area contributed by atoms with Crippen molar-refractivity contribution < 1.29 is 4.79 Å². The van der Waals surface area contributed by atoms with E-state index in [1.807, 2.05) is 0 Å². The molecule has 0 radical (unpaired) electrons. The minimum atomic E-state index is -0.336. The smallest absolute Gasteiger partial charge is 0.219 e. The molecule has 0 bridgehead atoms. The lowest BCUT2D eigenvalue weighted by molar-refractivity contribution is -0.119. The minimum absolute atomic E-state index is 0.297. The number of nitrogens with one attached hydrogen (secondary N) is 1. The fourth-order valence-corrected chi connectivity index (χ4v) is 1.45. The Morgan fingerprint density at radius 1 is 1.45 bits per heavy atom. The summed E-state index contributed by atoms with van der Waals surface area (Å²) in [5.41, 5.74) is 10.7.